The van der Waals surface area contributed by atoms with E-state index in [1.807, 2.05) is 0 Å². The van der Waals surface area contributed by atoms with Gasteiger partial charge in [-0.2, -0.15) is 0 Å². The molecule has 4 nitrogen and oxygen atoms in total. The van der Waals surface area contributed by atoms with Gasteiger partial charge in [0, 0.05) is 7.05 Å². The molecule has 0 radical (unpaired) electrons. The average molecular weight is 295 g/mol. The maximum Gasteiger partial charge on any atom is 0.260 e. The summed E-state index contributed by atoms with van der Waals surface area (Å²) < 4.78 is 5.30. The number of nitrogens with one attached hydrogen (secondary N) is 1. The highest BCUT2D eigenvalue weighted by molar-refractivity contribution is 5.80. The van der Waals surface area contributed by atoms with Gasteiger partial charge in [0.25, 0.3) is 5.91 Å². The standard InChI is InChI=1S/C10H13NO3.C7H16/c1-7(10(13)11-2)14-9-5-3-8(12)4-6-9;1-3-5-7-6-4-2/h3-7,12H,1-2H3,(H,11,13);3-7H2,1-2H3. The van der Waals surface area contributed by atoms with Gasteiger partial charge in [-0.25, -0.2) is 0 Å². The van der Waals surface area contributed by atoms with E-state index in [-0.39, 0.29) is 11.7 Å². The fraction of sp³-hybridized carbons (Fsp3) is 0.588. The summed E-state index contributed by atoms with van der Waals surface area (Å²) in [6.45, 7) is 6.15. The maximum atomic E-state index is 11.1. The van der Waals surface area contributed by atoms with E-state index in [2.05, 4.69) is 19.2 Å². The molecule has 0 heterocycles. The summed E-state index contributed by atoms with van der Waals surface area (Å²) in [5.41, 5.74) is 0. The molecular formula is C17H29NO3. The molecule has 0 aromatic heterocycles. The SMILES string of the molecule is CCCCCCC.CNC(=O)C(C)Oc1ccc(O)cc1. The monoisotopic (exact) mass is 295 g/mol. The van der Waals surface area contributed by atoms with Crippen molar-refractivity contribution in [1.82, 2.24) is 5.32 Å². The predicted octanol–water partition coefficient (Wildman–Crippen LogP) is 3.88. The summed E-state index contributed by atoms with van der Waals surface area (Å²) in [4.78, 5) is 11.1. The highest BCUT2D eigenvalue weighted by Gasteiger charge is 2.11. The van der Waals surface area contributed by atoms with Crippen LogP contribution in [0.15, 0.2) is 24.3 Å². The van der Waals surface area contributed by atoms with Gasteiger partial charge in [0.05, 0.1) is 0 Å². The van der Waals surface area contributed by atoms with E-state index in [0.29, 0.717) is 5.75 Å². The minimum absolute atomic E-state index is 0.171. The number of likely N-dealkylation sites (N-methyl/N-ethyl adjacent to an activating group) is 1. The van der Waals surface area contributed by atoms with Crippen molar-refractivity contribution < 1.29 is 14.6 Å². The number of phenolic OH excluding ortho intramolecular Hbond substituents is 1. The van der Waals surface area contributed by atoms with E-state index < -0.39 is 6.10 Å². The molecule has 0 aliphatic carbocycles. The highest BCUT2D eigenvalue weighted by atomic mass is 16.5. The van der Waals surface area contributed by atoms with Crippen LogP contribution in [0.4, 0.5) is 0 Å². The van der Waals surface area contributed by atoms with Crippen LogP contribution in [0.1, 0.15) is 52.9 Å². The van der Waals surface area contributed by atoms with E-state index in [1.54, 1.807) is 26.1 Å². The topological polar surface area (TPSA) is 58.6 Å². The average Bonchev–Trinajstić information content (AvgIpc) is 2.50. The normalized spacial score (nSPS) is 11.0. The van der Waals surface area contributed by atoms with Gasteiger partial charge >= 0.3 is 0 Å². The van der Waals surface area contributed by atoms with Gasteiger partial charge in [0.15, 0.2) is 6.10 Å². The minimum Gasteiger partial charge on any atom is -0.508 e. The summed E-state index contributed by atoms with van der Waals surface area (Å²) in [5, 5.41) is 11.5. The third kappa shape index (κ3) is 9.77. The first kappa shape index (κ1) is 19.3. The molecule has 1 amide bonds. The number of hydrogen-bond acceptors (Lipinski definition) is 3. The third-order valence-corrected chi connectivity index (χ3v) is 2.97. The van der Waals surface area contributed by atoms with Crippen molar-refractivity contribution in [3.8, 4) is 11.5 Å². The Morgan fingerprint density at radius 2 is 1.67 bits per heavy atom. The molecule has 0 spiro atoms. The van der Waals surface area contributed by atoms with Crippen molar-refractivity contribution in [2.45, 2.75) is 59.0 Å². The number of aromatic hydroxyl groups is 1. The van der Waals surface area contributed by atoms with E-state index in [0.717, 1.165) is 0 Å². The van der Waals surface area contributed by atoms with Crippen molar-refractivity contribution in [1.29, 1.82) is 0 Å². The van der Waals surface area contributed by atoms with Crippen molar-refractivity contribution in [2.24, 2.45) is 0 Å². The number of benzene rings is 1. The largest absolute Gasteiger partial charge is 0.508 e. The van der Waals surface area contributed by atoms with E-state index in [1.165, 1.54) is 44.2 Å². The smallest absolute Gasteiger partial charge is 0.260 e. The summed E-state index contributed by atoms with van der Waals surface area (Å²) in [6, 6.07) is 6.22. The Labute approximate surface area is 128 Å². The molecular weight excluding hydrogens is 266 g/mol. The fourth-order valence-electron chi connectivity index (χ4n) is 1.66. The molecule has 0 saturated carbocycles. The Bertz CT molecular complexity index is 372. The van der Waals surface area contributed by atoms with Gasteiger partial charge in [0.2, 0.25) is 0 Å². The Hall–Kier alpha value is -1.71. The van der Waals surface area contributed by atoms with Crippen LogP contribution in [-0.2, 0) is 4.79 Å². The lowest BCUT2D eigenvalue weighted by Crippen LogP contribution is -2.33. The molecule has 21 heavy (non-hydrogen) atoms. The van der Waals surface area contributed by atoms with Gasteiger partial charge < -0.3 is 15.2 Å². The second-order valence-corrected chi connectivity index (χ2v) is 4.93. The van der Waals surface area contributed by atoms with Crippen molar-refractivity contribution in [3.63, 3.8) is 0 Å². The number of ether oxygens (including phenoxy) is 1. The molecule has 1 rings (SSSR count). The van der Waals surface area contributed by atoms with Gasteiger partial charge in [-0.05, 0) is 31.2 Å². The molecule has 1 aromatic carbocycles. The zero-order valence-electron chi connectivity index (χ0n) is 13.7. The number of carbonyl (C=O) groups excluding carboxylic acids is 1. The predicted molar refractivity (Wildman–Crippen MR) is 86.7 cm³/mol. The lowest BCUT2D eigenvalue weighted by molar-refractivity contribution is -0.126. The van der Waals surface area contributed by atoms with Crippen LogP contribution in [0, 0.1) is 0 Å². The number of phenols is 1. The van der Waals surface area contributed by atoms with Crippen molar-refractivity contribution >= 4 is 5.91 Å². The lowest BCUT2D eigenvalue weighted by atomic mass is 10.2. The first-order chi connectivity index (χ1) is 10.0. The van der Waals surface area contributed by atoms with Crippen molar-refractivity contribution in [3.05, 3.63) is 24.3 Å². The molecule has 4 heteroatoms. The van der Waals surface area contributed by atoms with E-state index in [9.17, 15) is 4.79 Å². The summed E-state index contributed by atoms with van der Waals surface area (Å²) in [5.74, 6) is 0.543. The summed E-state index contributed by atoms with van der Waals surface area (Å²) >= 11 is 0. The zero-order valence-corrected chi connectivity index (χ0v) is 13.7. The number of unbranched alkanes of at least 4 members (excludes halogenated alkanes) is 4. The molecule has 0 aliphatic heterocycles. The number of hydrogen-bond donors (Lipinski definition) is 2. The molecule has 0 fully saturated rings. The number of carbonyl (C=O) groups is 1. The van der Waals surface area contributed by atoms with Crippen LogP contribution in [0.25, 0.3) is 0 Å². The summed E-state index contributed by atoms with van der Waals surface area (Å²) in [6.07, 6.45) is 6.47. The number of rotatable bonds is 7. The molecule has 1 aromatic rings. The number of amides is 1. The summed E-state index contributed by atoms with van der Waals surface area (Å²) in [7, 11) is 1.55. The molecule has 0 aliphatic rings. The Balaban J connectivity index is 0.000000486. The fourth-order valence-corrected chi connectivity index (χ4v) is 1.66. The second kappa shape index (κ2) is 12.1. The van der Waals surface area contributed by atoms with E-state index in [4.69, 9.17) is 9.84 Å². The van der Waals surface area contributed by atoms with Crippen LogP contribution in [-0.4, -0.2) is 24.2 Å². The van der Waals surface area contributed by atoms with Crippen LogP contribution in [0.2, 0.25) is 0 Å². The second-order valence-electron chi connectivity index (χ2n) is 4.93. The van der Waals surface area contributed by atoms with Gasteiger partial charge in [-0.3, -0.25) is 4.79 Å². The van der Waals surface area contributed by atoms with E-state index >= 15 is 0 Å². The molecule has 1 atom stereocenters. The lowest BCUT2D eigenvalue weighted by Gasteiger charge is -2.12. The van der Waals surface area contributed by atoms with Crippen LogP contribution >= 0.6 is 0 Å². The van der Waals surface area contributed by atoms with Gasteiger partial charge in [-0.1, -0.05) is 46.0 Å². The highest BCUT2D eigenvalue weighted by Crippen LogP contribution is 2.17. The first-order valence-electron chi connectivity index (χ1n) is 7.72. The zero-order chi connectivity index (χ0) is 16.1. The molecule has 1 unspecified atom stereocenters. The van der Waals surface area contributed by atoms with Crippen molar-refractivity contribution in [2.75, 3.05) is 7.05 Å². The van der Waals surface area contributed by atoms with Gasteiger partial charge in [-0.15, -0.1) is 0 Å². The first-order valence-corrected chi connectivity index (χ1v) is 7.72. The Morgan fingerprint density at radius 3 is 2.10 bits per heavy atom. The minimum atomic E-state index is -0.537. The van der Waals surface area contributed by atoms with Crippen LogP contribution < -0.4 is 10.1 Å². The molecule has 120 valence electrons. The molecule has 0 saturated heterocycles. The molecule has 2 N–H and O–H groups in total. The Morgan fingerprint density at radius 1 is 1.14 bits per heavy atom. The Kier molecular flexibility index (Phi) is 11.1. The quantitative estimate of drug-likeness (QED) is 0.750. The van der Waals surface area contributed by atoms with Crippen LogP contribution in [0.3, 0.4) is 0 Å². The maximum absolute atomic E-state index is 11.1. The van der Waals surface area contributed by atoms with Crippen LogP contribution in [0.5, 0.6) is 11.5 Å². The molecule has 0 bridgehead atoms. The third-order valence-electron chi connectivity index (χ3n) is 2.97. The van der Waals surface area contributed by atoms with Gasteiger partial charge in [0.1, 0.15) is 11.5 Å².